The molecule has 17 heavy (non-hydrogen) atoms. The third-order valence-electron chi connectivity index (χ3n) is 3.09. The Kier molecular flexibility index (Phi) is 6.18. The molecule has 0 radical (unpaired) electrons. The lowest BCUT2D eigenvalue weighted by Gasteiger charge is -2.16. The van der Waals surface area contributed by atoms with E-state index in [0.717, 1.165) is 25.0 Å². The maximum Gasteiger partial charge on any atom is 0.314 e. The molecule has 1 saturated carbocycles. The van der Waals surface area contributed by atoms with Gasteiger partial charge in [-0.3, -0.25) is 4.79 Å². The maximum absolute atomic E-state index is 11.4. The first kappa shape index (κ1) is 14.2. The van der Waals surface area contributed by atoms with E-state index in [1.807, 2.05) is 6.26 Å². The van der Waals surface area contributed by atoms with Crippen LogP contribution in [-0.4, -0.2) is 42.2 Å². The number of carbonyl (C=O) groups excluding carboxylic acids is 1. The molecule has 6 heteroatoms. The molecule has 0 saturated heterocycles. The molecule has 1 aliphatic rings. The van der Waals surface area contributed by atoms with Crippen LogP contribution in [0, 0.1) is 11.8 Å². The minimum Gasteiger partial charge on any atom is -0.481 e. The van der Waals surface area contributed by atoms with Gasteiger partial charge in [-0.1, -0.05) is 6.42 Å². The summed E-state index contributed by atoms with van der Waals surface area (Å²) < 4.78 is 0. The van der Waals surface area contributed by atoms with Gasteiger partial charge in [0.1, 0.15) is 0 Å². The third kappa shape index (κ3) is 4.85. The molecular weight excluding hydrogens is 240 g/mol. The molecule has 0 aromatic rings. The van der Waals surface area contributed by atoms with Gasteiger partial charge in [0.25, 0.3) is 0 Å². The number of amides is 2. The van der Waals surface area contributed by atoms with Gasteiger partial charge in [-0.25, -0.2) is 4.79 Å². The largest absolute Gasteiger partial charge is 0.481 e. The summed E-state index contributed by atoms with van der Waals surface area (Å²) in [6.07, 6.45) is 4.55. The highest BCUT2D eigenvalue weighted by Gasteiger charge is 2.32. The number of carbonyl (C=O) groups is 2. The van der Waals surface area contributed by atoms with Crippen LogP contribution in [0.1, 0.15) is 19.3 Å². The van der Waals surface area contributed by atoms with Crippen LogP contribution < -0.4 is 10.6 Å². The maximum atomic E-state index is 11.4. The molecule has 1 aliphatic carbocycles. The zero-order valence-corrected chi connectivity index (χ0v) is 10.9. The van der Waals surface area contributed by atoms with Gasteiger partial charge in [-0.2, -0.15) is 11.8 Å². The number of thioether (sulfide) groups is 1. The van der Waals surface area contributed by atoms with E-state index in [1.54, 1.807) is 11.8 Å². The zero-order chi connectivity index (χ0) is 12.7. The Labute approximate surface area is 106 Å². The van der Waals surface area contributed by atoms with Gasteiger partial charge in [-0.05, 0) is 25.0 Å². The van der Waals surface area contributed by atoms with Crippen molar-refractivity contribution in [3.05, 3.63) is 0 Å². The average molecular weight is 260 g/mol. The molecule has 98 valence electrons. The van der Waals surface area contributed by atoms with Crippen molar-refractivity contribution in [1.29, 1.82) is 0 Å². The lowest BCUT2D eigenvalue weighted by Crippen LogP contribution is -2.40. The van der Waals surface area contributed by atoms with Crippen molar-refractivity contribution in [2.45, 2.75) is 19.3 Å². The molecule has 0 bridgehead atoms. The smallest absolute Gasteiger partial charge is 0.314 e. The second-order valence-electron chi connectivity index (χ2n) is 4.27. The van der Waals surface area contributed by atoms with Crippen molar-refractivity contribution in [2.75, 3.05) is 25.1 Å². The summed E-state index contributed by atoms with van der Waals surface area (Å²) in [5.41, 5.74) is 0. The van der Waals surface area contributed by atoms with Crippen molar-refractivity contribution in [3.63, 3.8) is 0 Å². The van der Waals surface area contributed by atoms with Crippen LogP contribution >= 0.6 is 11.8 Å². The number of carboxylic acid groups (broad SMARTS) is 1. The Morgan fingerprint density at radius 3 is 2.76 bits per heavy atom. The summed E-state index contributed by atoms with van der Waals surface area (Å²) in [5.74, 6) is -0.0633. The number of hydrogen-bond acceptors (Lipinski definition) is 3. The molecule has 3 N–H and O–H groups in total. The lowest BCUT2D eigenvalue weighted by molar-refractivity contribution is -0.142. The van der Waals surface area contributed by atoms with Crippen LogP contribution in [0.3, 0.4) is 0 Å². The van der Waals surface area contributed by atoms with E-state index >= 15 is 0 Å². The summed E-state index contributed by atoms with van der Waals surface area (Å²) in [5, 5.41) is 14.5. The highest BCUT2D eigenvalue weighted by atomic mass is 32.2. The first-order valence-corrected chi connectivity index (χ1v) is 7.28. The number of carboxylic acids is 1. The molecule has 2 atom stereocenters. The summed E-state index contributed by atoms with van der Waals surface area (Å²) in [6, 6.07) is -0.199. The molecule has 0 spiro atoms. The van der Waals surface area contributed by atoms with Crippen LogP contribution in [0.2, 0.25) is 0 Å². The van der Waals surface area contributed by atoms with Crippen molar-refractivity contribution in [2.24, 2.45) is 11.8 Å². The number of aliphatic carboxylic acids is 1. The Bertz CT molecular complexity index is 273. The van der Waals surface area contributed by atoms with Gasteiger partial charge < -0.3 is 15.7 Å². The van der Waals surface area contributed by atoms with E-state index in [0.29, 0.717) is 13.1 Å². The van der Waals surface area contributed by atoms with Crippen LogP contribution in [0.15, 0.2) is 0 Å². The highest BCUT2D eigenvalue weighted by molar-refractivity contribution is 7.98. The zero-order valence-electron chi connectivity index (χ0n) is 10.1. The minimum absolute atomic E-state index is 0.0822. The van der Waals surface area contributed by atoms with Gasteiger partial charge in [0.2, 0.25) is 0 Å². The molecular formula is C11H20N2O3S. The Balaban J connectivity index is 2.21. The van der Waals surface area contributed by atoms with Crippen molar-refractivity contribution in [3.8, 4) is 0 Å². The quantitative estimate of drug-likeness (QED) is 0.626. The van der Waals surface area contributed by atoms with Crippen LogP contribution in [-0.2, 0) is 4.79 Å². The number of nitrogens with one attached hydrogen (secondary N) is 2. The average Bonchev–Trinajstić information content (AvgIpc) is 2.75. The Morgan fingerprint density at radius 1 is 1.35 bits per heavy atom. The Morgan fingerprint density at radius 2 is 2.12 bits per heavy atom. The van der Waals surface area contributed by atoms with E-state index in [-0.39, 0.29) is 17.9 Å². The summed E-state index contributed by atoms with van der Waals surface area (Å²) >= 11 is 1.67. The van der Waals surface area contributed by atoms with E-state index in [4.69, 9.17) is 5.11 Å². The molecule has 0 heterocycles. The minimum atomic E-state index is -0.739. The van der Waals surface area contributed by atoms with Crippen molar-refractivity contribution >= 4 is 23.8 Å². The van der Waals surface area contributed by atoms with Crippen molar-refractivity contribution < 1.29 is 14.7 Å². The predicted octanol–water partition coefficient (Wildman–Crippen LogP) is 1.15. The van der Waals surface area contributed by atoms with E-state index in [1.165, 1.54) is 0 Å². The van der Waals surface area contributed by atoms with Gasteiger partial charge in [0.15, 0.2) is 0 Å². The molecule has 2 amide bonds. The SMILES string of the molecule is CSCCNC(=O)NCC1CCCC1C(=O)O. The van der Waals surface area contributed by atoms with Gasteiger partial charge >= 0.3 is 12.0 Å². The fraction of sp³-hybridized carbons (Fsp3) is 0.818. The van der Waals surface area contributed by atoms with Gasteiger partial charge in [-0.15, -0.1) is 0 Å². The molecule has 0 aliphatic heterocycles. The fourth-order valence-electron chi connectivity index (χ4n) is 2.16. The number of urea groups is 1. The Hall–Kier alpha value is -0.910. The monoisotopic (exact) mass is 260 g/mol. The molecule has 1 rings (SSSR count). The topological polar surface area (TPSA) is 78.4 Å². The highest BCUT2D eigenvalue weighted by Crippen LogP contribution is 2.31. The molecule has 0 aromatic heterocycles. The van der Waals surface area contributed by atoms with Gasteiger partial charge in [0.05, 0.1) is 5.92 Å². The predicted molar refractivity (Wildman–Crippen MR) is 68.3 cm³/mol. The standard InChI is InChI=1S/C11H20N2O3S/c1-17-6-5-12-11(16)13-7-8-3-2-4-9(8)10(14)15/h8-9H,2-7H2,1H3,(H,14,15)(H2,12,13,16). The van der Waals surface area contributed by atoms with E-state index in [9.17, 15) is 9.59 Å². The second-order valence-corrected chi connectivity index (χ2v) is 5.25. The summed E-state index contributed by atoms with van der Waals surface area (Å²) in [4.78, 5) is 22.3. The molecule has 5 nitrogen and oxygen atoms in total. The first-order chi connectivity index (χ1) is 8.15. The van der Waals surface area contributed by atoms with Crippen LogP contribution in [0.4, 0.5) is 4.79 Å². The van der Waals surface area contributed by atoms with Crippen molar-refractivity contribution in [1.82, 2.24) is 10.6 Å². The number of hydrogen-bond donors (Lipinski definition) is 3. The fourth-order valence-corrected chi connectivity index (χ4v) is 2.47. The molecule has 0 aromatic carbocycles. The third-order valence-corrected chi connectivity index (χ3v) is 3.71. The number of rotatable bonds is 6. The first-order valence-electron chi connectivity index (χ1n) is 5.88. The second kappa shape index (κ2) is 7.42. The summed E-state index contributed by atoms with van der Waals surface area (Å²) in [7, 11) is 0. The molecule has 2 unspecified atom stereocenters. The van der Waals surface area contributed by atoms with E-state index < -0.39 is 5.97 Å². The molecule has 1 fully saturated rings. The van der Waals surface area contributed by atoms with Gasteiger partial charge in [0, 0.05) is 18.8 Å². The summed E-state index contributed by atoms with van der Waals surface area (Å²) in [6.45, 7) is 1.10. The normalized spacial score (nSPS) is 23.4. The van der Waals surface area contributed by atoms with Crippen LogP contribution in [0.5, 0.6) is 0 Å². The van der Waals surface area contributed by atoms with E-state index in [2.05, 4.69) is 10.6 Å². The van der Waals surface area contributed by atoms with Crippen LogP contribution in [0.25, 0.3) is 0 Å². The lowest BCUT2D eigenvalue weighted by atomic mass is 9.96.